The summed E-state index contributed by atoms with van der Waals surface area (Å²) in [4.78, 5) is 30.9. The summed E-state index contributed by atoms with van der Waals surface area (Å²) < 4.78 is 2.18. The molecule has 0 bridgehead atoms. The SMILES string of the molecule is [C-]#[N+]c1ccc2c3ccccc3n(-c3ccc(-c4nc(C)nc(C)n4)cc3-c3nc(C)nc(C)n3)c2c1. The van der Waals surface area contributed by atoms with Crippen LogP contribution in [0.15, 0.2) is 60.7 Å². The predicted molar refractivity (Wildman–Crippen MR) is 144 cm³/mol. The number of aromatic nitrogens is 7. The van der Waals surface area contributed by atoms with E-state index < -0.39 is 0 Å². The second-order valence-corrected chi connectivity index (χ2v) is 8.90. The molecule has 6 aromatic rings. The highest BCUT2D eigenvalue weighted by Gasteiger charge is 2.19. The number of fused-ring (bicyclic) bond motifs is 3. The van der Waals surface area contributed by atoms with E-state index in [2.05, 4.69) is 41.5 Å². The van der Waals surface area contributed by atoms with Crippen LogP contribution in [0.1, 0.15) is 23.3 Å². The summed E-state index contributed by atoms with van der Waals surface area (Å²) in [6.45, 7) is 15.0. The molecule has 178 valence electrons. The van der Waals surface area contributed by atoms with Crippen molar-refractivity contribution in [2.45, 2.75) is 27.7 Å². The highest BCUT2D eigenvalue weighted by atomic mass is 15.0. The molecule has 0 fully saturated rings. The van der Waals surface area contributed by atoms with Gasteiger partial charge in [0, 0.05) is 27.4 Å². The minimum absolute atomic E-state index is 0.566. The van der Waals surface area contributed by atoms with Gasteiger partial charge in [-0.1, -0.05) is 30.3 Å². The van der Waals surface area contributed by atoms with E-state index in [1.165, 1.54) is 0 Å². The van der Waals surface area contributed by atoms with Gasteiger partial charge in [-0.3, -0.25) is 0 Å². The third-order valence-electron chi connectivity index (χ3n) is 6.24. The third kappa shape index (κ3) is 3.87. The fourth-order valence-corrected chi connectivity index (χ4v) is 4.82. The van der Waals surface area contributed by atoms with E-state index >= 15 is 0 Å². The van der Waals surface area contributed by atoms with Crippen molar-refractivity contribution in [1.82, 2.24) is 34.5 Å². The Morgan fingerprint density at radius 2 is 1.24 bits per heavy atom. The molecule has 3 aromatic heterocycles. The molecule has 0 unspecified atom stereocenters. The average molecular weight is 483 g/mol. The lowest BCUT2D eigenvalue weighted by Gasteiger charge is -2.15. The number of benzene rings is 3. The Labute approximate surface area is 213 Å². The summed E-state index contributed by atoms with van der Waals surface area (Å²) >= 11 is 0. The Morgan fingerprint density at radius 1 is 0.622 bits per heavy atom. The van der Waals surface area contributed by atoms with Crippen LogP contribution in [0.2, 0.25) is 0 Å². The Morgan fingerprint density at radius 3 is 1.92 bits per heavy atom. The minimum Gasteiger partial charge on any atom is -0.310 e. The number of hydrogen-bond donors (Lipinski definition) is 0. The molecule has 6 rings (SSSR count). The zero-order valence-electron chi connectivity index (χ0n) is 20.9. The maximum absolute atomic E-state index is 7.58. The standard InChI is InChI=1S/C29H22N8/c1-16-31-17(2)34-28(33-16)20-10-13-26(24(14-20)29-35-18(3)32-19(4)36-29)37-25-9-7-6-8-22(25)23-12-11-21(30-5)15-27(23)37/h6-15H,1-4H3. The van der Waals surface area contributed by atoms with Crippen LogP contribution in [0.3, 0.4) is 0 Å². The summed E-state index contributed by atoms with van der Waals surface area (Å²) in [6.07, 6.45) is 0. The first kappa shape index (κ1) is 22.4. The molecule has 0 atom stereocenters. The monoisotopic (exact) mass is 482 g/mol. The first-order valence-corrected chi connectivity index (χ1v) is 11.9. The van der Waals surface area contributed by atoms with E-state index in [0.717, 1.165) is 38.6 Å². The molecule has 0 spiro atoms. The Balaban J connectivity index is 1.72. The smallest absolute Gasteiger partial charge is 0.189 e. The van der Waals surface area contributed by atoms with Gasteiger partial charge >= 0.3 is 0 Å². The number of hydrogen-bond acceptors (Lipinski definition) is 6. The molecule has 0 saturated carbocycles. The maximum atomic E-state index is 7.58. The van der Waals surface area contributed by atoms with Gasteiger partial charge in [-0.25, -0.2) is 34.7 Å². The lowest BCUT2D eigenvalue weighted by molar-refractivity contribution is 0.924. The first-order valence-electron chi connectivity index (χ1n) is 11.9. The molecule has 0 saturated heterocycles. The molecule has 37 heavy (non-hydrogen) atoms. The van der Waals surface area contributed by atoms with Gasteiger partial charge in [0.1, 0.15) is 23.3 Å². The molecule has 0 aliphatic carbocycles. The van der Waals surface area contributed by atoms with Crippen LogP contribution in [0.5, 0.6) is 0 Å². The quantitative estimate of drug-likeness (QED) is 0.276. The van der Waals surface area contributed by atoms with E-state index in [9.17, 15) is 0 Å². The molecule has 0 aliphatic heterocycles. The topological polar surface area (TPSA) is 86.6 Å². The Bertz CT molecular complexity index is 1850. The van der Waals surface area contributed by atoms with E-state index in [0.29, 0.717) is 40.6 Å². The molecule has 0 radical (unpaired) electrons. The van der Waals surface area contributed by atoms with Crippen molar-refractivity contribution in [1.29, 1.82) is 0 Å². The van der Waals surface area contributed by atoms with Crippen LogP contribution < -0.4 is 0 Å². The summed E-state index contributed by atoms with van der Waals surface area (Å²) in [6, 6.07) is 20.1. The normalized spacial score (nSPS) is 11.2. The van der Waals surface area contributed by atoms with E-state index in [1.54, 1.807) is 0 Å². The lowest BCUT2D eigenvalue weighted by Crippen LogP contribution is -2.04. The fourth-order valence-electron chi connectivity index (χ4n) is 4.82. The van der Waals surface area contributed by atoms with Crippen LogP contribution in [-0.4, -0.2) is 34.5 Å². The predicted octanol–water partition coefficient (Wildman–Crippen LogP) is 6.27. The van der Waals surface area contributed by atoms with Gasteiger partial charge < -0.3 is 4.57 Å². The Hall–Kier alpha value is -5.03. The molecular formula is C29H22N8. The maximum Gasteiger partial charge on any atom is 0.189 e. The van der Waals surface area contributed by atoms with Gasteiger partial charge in [-0.15, -0.1) is 0 Å². The second-order valence-electron chi connectivity index (χ2n) is 8.90. The molecule has 8 heteroatoms. The van der Waals surface area contributed by atoms with Crippen molar-refractivity contribution in [3.8, 4) is 28.5 Å². The van der Waals surface area contributed by atoms with Crippen LogP contribution in [0, 0.1) is 34.3 Å². The van der Waals surface area contributed by atoms with E-state index in [1.807, 2.05) is 76.2 Å². The number of nitrogens with zero attached hydrogens (tertiary/aromatic N) is 8. The zero-order chi connectivity index (χ0) is 25.7. The number of para-hydroxylation sites is 1. The van der Waals surface area contributed by atoms with Crippen molar-refractivity contribution in [2.75, 3.05) is 0 Å². The van der Waals surface area contributed by atoms with Crippen LogP contribution in [0.4, 0.5) is 5.69 Å². The highest BCUT2D eigenvalue weighted by Crippen LogP contribution is 2.38. The van der Waals surface area contributed by atoms with Crippen molar-refractivity contribution in [3.63, 3.8) is 0 Å². The molecular weight excluding hydrogens is 460 g/mol. The second kappa shape index (κ2) is 8.57. The molecule has 3 heterocycles. The molecule has 3 aromatic carbocycles. The van der Waals surface area contributed by atoms with Crippen LogP contribution >= 0.6 is 0 Å². The summed E-state index contributed by atoms with van der Waals surface area (Å²) in [5.41, 5.74) is 5.10. The van der Waals surface area contributed by atoms with Gasteiger partial charge in [0.15, 0.2) is 17.3 Å². The molecule has 8 nitrogen and oxygen atoms in total. The summed E-state index contributed by atoms with van der Waals surface area (Å²) in [5.74, 6) is 3.77. The van der Waals surface area contributed by atoms with Crippen LogP contribution in [0.25, 0.3) is 55.1 Å². The Kier molecular flexibility index (Phi) is 5.20. The zero-order valence-corrected chi connectivity index (χ0v) is 20.9. The molecule has 0 N–H and O–H groups in total. The van der Waals surface area contributed by atoms with Gasteiger partial charge in [-0.05, 0) is 58.0 Å². The molecule has 0 aliphatic rings. The number of rotatable bonds is 3. The molecule has 0 amide bonds. The van der Waals surface area contributed by atoms with Crippen molar-refractivity contribution in [2.24, 2.45) is 0 Å². The first-order chi connectivity index (χ1) is 17.9. The largest absolute Gasteiger partial charge is 0.310 e. The van der Waals surface area contributed by atoms with Gasteiger partial charge in [-0.2, -0.15) is 0 Å². The fraction of sp³-hybridized carbons (Fsp3) is 0.138. The van der Waals surface area contributed by atoms with Crippen LogP contribution in [-0.2, 0) is 0 Å². The van der Waals surface area contributed by atoms with Crippen molar-refractivity contribution < 1.29 is 0 Å². The van der Waals surface area contributed by atoms with Gasteiger partial charge in [0.2, 0.25) is 0 Å². The van der Waals surface area contributed by atoms with Crippen molar-refractivity contribution in [3.05, 3.63) is 95.4 Å². The van der Waals surface area contributed by atoms with Crippen molar-refractivity contribution >= 4 is 27.5 Å². The minimum atomic E-state index is 0.566. The van der Waals surface area contributed by atoms with E-state index in [4.69, 9.17) is 16.5 Å². The summed E-state index contributed by atoms with van der Waals surface area (Å²) in [5, 5.41) is 2.18. The lowest BCUT2D eigenvalue weighted by atomic mass is 10.1. The van der Waals surface area contributed by atoms with E-state index in [-0.39, 0.29) is 0 Å². The highest BCUT2D eigenvalue weighted by molar-refractivity contribution is 6.10. The average Bonchev–Trinajstić information content (AvgIpc) is 3.20. The van der Waals surface area contributed by atoms with Gasteiger partial charge in [0.25, 0.3) is 0 Å². The summed E-state index contributed by atoms with van der Waals surface area (Å²) in [7, 11) is 0. The number of aryl methyl sites for hydroxylation is 4. The van der Waals surface area contributed by atoms with Gasteiger partial charge in [0.05, 0.1) is 17.8 Å². The third-order valence-corrected chi connectivity index (χ3v) is 6.24.